The third kappa shape index (κ3) is 4.98. The van der Waals surface area contributed by atoms with E-state index in [0.717, 1.165) is 0 Å². The van der Waals surface area contributed by atoms with Crippen molar-refractivity contribution in [1.29, 1.82) is 0 Å². The molecule has 20 rings (SSSR count). The Morgan fingerprint density at radius 1 is 0.287 bits per heavy atom. The summed E-state index contributed by atoms with van der Waals surface area (Å²) in [5.74, 6) is 0. The Labute approximate surface area is 460 Å². The summed E-state index contributed by atoms with van der Waals surface area (Å²) >= 11 is 0. The van der Waals surface area contributed by atoms with Gasteiger partial charge in [-0.1, -0.05) is 231 Å². The van der Waals surface area contributed by atoms with Crippen LogP contribution in [0.2, 0.25) is 0 Å². The van der Waals surface area contributed by atoms with Crippen molar-refractivity contribution in [3.05, 3.63) is 266 Å². The van der Waals surface area contributed by atoms with Crippen LogP contribution in [0.5, 0.6) is 0 Å². The van der Waals surface area contributed by atoms with Crippen LogP contribution in [0.15, 0.2) is 255 Å². The van der Waals surface area contributed by atoms with Crippen molar-refractivity contribution in [2.75, 3.05) is 0 Å². The molecule has 0 aliphatic carbocycles. The maximum atomic E-state index is 2.83. The molecule has 1 atom stereocenters. The fourth-order valence-electron chi connectivity index (χ4n) is 15.9. The number of para-hydroxylation sites is 5. The predicted molar refractivity (Wildman–Crippen MR) is 334 cm³/mol. The van der Waals surface area contributed by atoms with Crippen molar-refractivity contribution in [3.8, 4) is 78.1 Å². The zero-order chi connectivity index (χ0) is 51.6. The van der Waals surface area contributed by atoms with E-state index in [1.54, 1.807) is 0 Å². The van der Waals surface area contributed by atoms with Gasteiger partial charge in [0, 0.05) is 65.8 Å². The zero-order valence-corrected chi connectivity index (χ0v) is 43.2. The molecule has 12 aromatic carbocycles. The Balaban J connectivity index is 0.948. The van der Waals surface area contributed by atoms with Crippen molar-refractivity contribution in [2.45, 2.75) is 6.04 Å². The van der Waals surface area contributed by atoms with Crippen LogP contribution in [-0.4, -0.2) is 25.0 Å². The van der Waals surface area contributed by atoms with Gasteiger partial charge in [0.15, 0.2) is 0 Å². The summed E-state index contributed by atoms with van der Waals surface area (Å²) in [7, 11) is 0. The fraction of sp³-hybridized carbons (Fsp3) is 0.0133. The molecule has 366 valence electrons. The van der Waals surface area contributed by atoms with Gasteiger partial charge in [-0.05, 0) is 90.8 Å². The summed E-state index contributed by atoms with van der Waals surface area (Å²) in [6.07, 6.45) is 0. The van der Waals surface area contributed by atoms with Gasteiger partial charge in [0.1, 0.15) is 0 Å². The van der Waals surface area contributed by atoms with Crippen LogP contribution in [0, 0.1) is 0 Å². The average Bonchev–Trinajstić information content (AvgIpc) is 4.06. The molecule has 0 saturated carbocycles. The van der Waals surface area contributed by atoms with Crippen LogP contribution < -0.4 is 10.9 Å². The molecule has 0 saturated heterocycles. The molecule has 0 fully saturated rings. The summed E-state index contributed by atoms with van der Waals surface area (Å²) in [6.45, 7) is -0.123. The number of benzene rings is 12. The first-order chi connectivity index (χ1) is 39.8. The molecule has 0 N–H and O–H groups in total. The molecular weight excluding hydrogens is 968 g/mol. The van der Waals surface area contributed by atoms with Gasteiger partial charge in [-0.15, -0.1) is 0 Å². The highest BCUT2D eigenvalue weighted by atomic mass is 15.1. The molecule has 1 unspecified atom stereocenters. The lowest BCUT2D eigenvalue weighted by Crippen LogP contribution is -2.55. The molecular formula is C75H43BN4. The minimum absolute atomic E-state index is 0.0951. The van der Waals surface area contributed by atoms with Crippen LogP contribution in [0.4, 0.5) is 0 Å². The lowest BCUT2D eigenvalue weighted by molar-refractivity contribution is 0.711. The van der Waals surface area contributed by atoms with Gasteiger partial charge in [0.25, 0.3) is 0 Å². The van der Waals surface area contributed by atoms with E-state index in [1.165, 1.54) is 177 Å². The first-order valence-electron chi connectivity index (χ1n) is 28.1. The third-order valence-corrected chi connectivity index (χ3v) is 18.9. The lowest BCUT2D eigenvalue weighted by Gasteiger charge is -2.37. The molecule has 0 spiro atoms. The minimum Gasteiger partial charge on any atom is -0.374 e. The highest BCUT2D eigenvalue weighted by Gasteiger charge is 2.46. The highest BCUT2D eigenvalue weighted by molar-refractivity contribution is 6.90. The van der Waals surface area contributed by atoms with Crippen LogP contribution in [0.25, 0.3) is 155 Å². The quantitative estimate of drug-likeness (QED) is 0.157. The smallest absolute Gasteiger partial charge is 0.333 e. The normalized spacial score (nSPS) is 14.1. The monoisotopic (exact) mass is 1010 g/mol. The summed E-state index contributed by atoms with van der Waals surface area (Å²) in [4.78, 5) is 0. The summed E-state index contributed by atoms with van der Waals surface area (Å²) in [5.41, 5.74) is 33.2. The van der Waals surface area contributed by atoms with E-state index in [1.807, 2.05) is 0 Å². The van der Waals surface area contributed by atoms with Crippen molar-refractivity contribution >= 4 is 94.2 Å². The molecule has 4 aromatic heterocycles. The van der Waals surface area contributed by atoms with E-state index < -0.39 is 0 Å². The summed E-state index contributed by atoms with van der Waals surface area (Å²) < 4.78 is 10.8. The van der Waals surface area contributed by atoms with E-state index in [2.05, 4.69) is 273 Å². The largest absolute Gasteiger partial charge is 0.374 e. The van der Waals surface area contributed by atoms with E-state index in [9.17, 15) is 0 Å². The van der Waals surface area contributed by atoms with E-state index in [-0.39, 0.29) is 12.9 Å². The maximum Gasteiger partial charge on any atom is 0.333 e. The Morgan fingerprint density at radius 2 is 0.812 bits per heavy atom. The van der Waals surface area contributed by atoms with Gasteiger partial charge in [-0.25, -0.2) is 0 Å². The number of hydrogen-bond acceptors (Lipinski definition) is 0. The topological polar surface area (TPSA) is 19.7 Å². The predicted octanol–water partition coefficient (Wildman–Crippen LogP) is 17.5. The van der Waals surface area contributed by atoms with Crippen molar-refractivity contribution in [3.63, 3.8) is 0 Å². The van der Waals surface area contributed by atoms with Gasteiger partial charge in [0.05, 0.1) is 50.3 Å². The minimum atomic E-state index is -0.123. The standard InChI is InChI=1S/C75H43BN4/c1-3-15-43(16-4-1)45-31-35-47(36-32-45)49-41-42-64-68-65(49)56-24-12-26-58-70(56)80(76(68)60-27-13-22-54-52-20-8-10-29-62(52)78(64)71(54)60)75-59-40-39-50(48-37-33-46(34-38-48)44-17-5-2-6-18-44)66-55-23-14-30-63-67(55)73(79(72(59)66)74(58)75)57-25-11-21-53-51-19-7-9-28-61(51)77(63)69(53)57/h1-42,73H. The van der Waals surface area contributed by atoms with Gasteiger partial charge in [0.2, 0.25) is 0 Å². The number of aromatic nitrogens is 4. The second kappa shape index (κ2) is 14.8. The van der Waals surface area contributed by atoms with E-state index >= 15 is 0 Å². The maximum absolute atomic E-state index is 2.83. The Hall–Kier alpha value is -10.4. The Morgan fingerprint density at radius 3 is 1.52 bits per heavy atom. The van der Waals surface area contributed by atoms with E-state index in [4.69, 9.17) is 0 Å². The Kier molecular flexibility index (Phi) is 7.73. The molecule has 0 bridgehead atoms. The number of hydrogen-bond donors (Lipinski definition) is 0. The number of rotatable bonds is 4. The highest BCUT2D eigenvalue weighted by Crippen LogP contribution is 2.59. The molecule has 0 radical (unpaired) electrons. The zero-order valence-electron chi connectivity index (χ0n) is 43.2. The number of nitrogens with zero attached hydrogens (tertiary/aromatic N) is 4. The second-order valence-corrected chi connectivity index (χ2v) is 22.6. The molecule has 8 heterocycles. The van der Waals surface area contributed by atoms with Crippen LogP contribution >= 0.6 is 0 Å². The first-order valence-corrected chi connectivity index (χ1v) is 28.1. The summed E-state index contributed by atoms with van der Waals surface area (Å²) in [6, 6.07) is 96.4. The van der Waals surface area contributed by atoms with Gasteiger partial charge < -0.3 is 18.2 Å². The van der Waals surface area contributed by atoms with Crippen molar-refractivity contribution in [1.82, 2.24) is 18.2 Å². The third-order valence-electron chi connectivity index (χ3n) is 18.9. The first kappa shape index (κ1) is 41.8. The van der Waals surface area contributed by atoms with Gasteiger partial charge >= 0.3 is 6.85 Å². The van der Waals surface area contributed by atoms with Crippen LogP contribution in [-0.2, 0) is 0 Å². The van der Waals surface area contributed by atoms with Crippen LogP contribution in [0.1, 0.15) is 17.2 Å². The molecule has 4 aliphatic heterocycles. The SMILES string of the molecule is c1ccc(-c2ccc(-c3ccc4c5c3-c3cccc6c3n(c3c7ccc(-c8ccc(-c9ccccc9)cc8)c8c7n(c63)C3c6c-8cccc6-n6c7ccccc7c7cccc3c76)B5c3cccc5c6ccccc6n-4c35)cc2)cc1. The average molecular weight is 1010 g/mol. The van der Waals surface area contributed by atoms with Crippen molar-refractivity contribution < 1.29 is 0 Å². The van der Waals surface area contributed by atoms with Gasteiger partial charge in [-0.2, -0.15) is 0 Å². The Bertz CT molecular complexity index is 5460. The molecule has 0 amide bonds. The fourth-order valence-corrected chi connectivity index (χ4v) is 15.9. The number of fused-ring (bicyclic) bond motifs is 19. The molecule has 16 aromatic rings. The van der Waals surface area contributed by atoms with E-state index in [0.29, 0.717) is 0 Å². The van der Waals surface area contributed by atoms with Crippen molar-refractivity contribution in [2.24, 2.45) is 0 Å². The second-order valence-electron chi connectivity index (χ2n) is 22.6. The molecule has 80 heavy (non-hydrogen) atoms. The van der Waals surface area contributed by atoms with Gasteiger partial charge in [-0.3, -0.25) is 0 Å². The summed E-state index contributed by atoms with van der Waals surface area (Å²) in [5, 5.41) is 7.73. The lowest BCUT2D eigenvalue weighted by atomic mass is 9.45. The molecule has 4 aliphatic rings. The molecule has 5 heteroatoms. The molecule has 4 nitrogen and oxygen atoms in total. The van der Waals surface area contributed by atoms with Crippen LogP contribution in [0.3, 0.4) is 0 Å².